The second-order valence-corrected chi connectivity index (χ2v) is 9.86. The Morgan fingerprint density at radius 1 is 1.04 bits per heavy atom. The number of hydrogen-bond acceptors (Lipinski definition) is 5. The lowest BCUT2D eigenvalue weighted by atomic mass is 9.97. The number of allylic oxidation sites excluding steroid dienone is 2. The summed E-state index contributed by atoms with van der Waals surface area (Å²) in [6.45, 7) is 0. The Balaban J connectivity index is 1.77. The number of ether oxygens (including phenoxy) is 1. The molecule has 2 aromatic carbocycles. The molecule has 1 aliphatic carbocycles. The lowest BCUT2D eigenvalue weighted by Crippen LogP contribution is -2.19. The fourth-order valence-electron chi connectivity index (χ4n) is 3.42. The summed E-state index contributed by atoms with van der Waals surface area (Å²) in [5.74, 6) is 2.96. The molecule has 1 fully saturated rings. The number of nitrogens with zero attached hydrogens (tertiary/aromatic N) is 1. The molecule has 4 rings (SSSR count). The summed E-state index contributed by atoms with van der Waals surface area (Å²) in [4.78, 5) is 10.6. The largest absolute Gasteiger partial charge is 0.497 e. The maximum absolute atomic E-state index is 11.0. The van der Waals surface area contributed by atoms with Gasteiger partial charge in [0.25, 0.3) is 5.69 Å². The average molecular weight is 462 g/mol. The number of nitro groups is 1. The monoisotopic (exact) mass is 461 g/mol. The standard InChI is InChI=1S/C20H16BrNO3S2/c1-25-16-8-4-14(5-9-16)19-18(21)12-17(20(19)26-10-11-27-20)13-2-6-15(7-3-13)22(23)24/h2-9,12H,10-11H2,1H3. The van der Waals surface area contributed by atoms with E-state index in [9.17, 15) is 10.1 Å². The van der Waals surface area contributed by atoms with Crippen LogP contribution in [0.15, 0.2) is 59.1 Å². The van der Waals surface area contributed by atoms with E-state index in [4.69, 9.17) is 4.74 Å². The van der Waals surface area contributed by atoms with Crippen molar-refractivity contribution in [2.45, 2.75) is 4.08 Å². The van der Waals surface area contributed by atoms with Gasteiger partial charge in [-0.1, -0.05) is 28.1 Å². The first-order valence-corrected chi connectivity index (χ1v) is 11.1. The van der Waals surface area contributed by atoms with Gasteiger partial charge in [-0.2, -0.15) is 0 Å². The number of rotatable bonds is 4. The smallest absolute Gasteiger partial charge is 0.269 e. The first-order chi connectivity index (χ1) is 13.0. The van der Waals surface area contributed by atoms with E-state index in [1.54, 1.807) is 19.2 Å². The highest BCUT2D eigenvalue weighted by atomic mass is 79.9. The number of nitro benzene ring substituents is 1. The van der Waals surface area contributed by atoms with Crippen LogP contribution in [-0.2, 0) is 0 Å². The molecule has 1 spiro atoms. The SMILES string of the molecule is COc1ccc(C2=C(Br)C=C(c3ccc([N+](=O)[O-])cc3)C23SCCS3)cc1. The molecule has 1 heterocycles. The molecule has 7 heteroatoms. The topological polar surface area (TPSA) is 52.4 Å². The zero-order chi connectivity index (χ0) is 19.0. The van der Waals surface area contributed by atoms with Crippen molar-refractivity contribution in [2.24, 2.45) is 0 Å². The van der Waals surface area contributed by atoms with Gasteiger partial charge in [0.1, 0.15) is 9.83 Å². The molecule has 0 N–H and O–H groups in total. The highest BCUT2D eigenvalue weighted by Crippen LogP contribution is 2.64. The van der Waals surface area contributed by atoms with E-state index in [-0.39, 0.29) is 14.7 Å². The predicted octanol–water partition coefficient (Wildman–Crippen LogP) is 5.98. The Morgan fingerprint density at radius 3 is 2.19 bits per heavy atom. The minimum atomic E-state index is -0.363. The zero-order valence-corrected chi connectivity index (χ0v) is 17.7. The lowest BCUT2D eigenvalue weighted by Gasteiger charge is -2.30. The molecule has 1 aliphatic heterocycles. The van der Waals surface area contributed by atoms with Gasteiger partial charge in [-0.05, 0) is 47.0 Å². The summed E-state index contributed by atoms with van der Waals surface area (Å²) < 4.78 is 6.14. The first kappa shape index (κ1) is 18.7. The van der Waals surface area contributed by atoms with Gasteiger partial charge in [0.05, 0.1) is 12.0 Å². The van der Waals surface area contributed by atoms with Gasteiger partial charge in [-0.15, -0.1) is 23.5 Å². The van der Waals surface area contributed by atoms with Gasteiger partial charge < -0.3 is 4.74 Å². The van der Waals surface area contributed by atoms with Gasteiger partial charge in [0.15, 0.2) is 0 Å². The molecule has 0 saturated carbocycles. The van der Waals surface area contributed by atoms with E-state index < -0.39 is 0 Å². The van der Waals surface area contributed by atoms with Crippen molar-refractivity contribution in [3.8, 4) is 5.75 Å². The fourth-order valence-corrected chi connectivity index (χ4v) is 7.92. The minimum Gasteiger partial charge on any atom is -0.497 e. The minimum absolute atomic E-state index is 0.112. The second-order valence-electron chi connectivity index (χ2n) is 6.13. The number of hydrogen-bond donors (Lipinski definition) is 0. The Bertz CT molecular complexity index is 946. The molecule has 0 unspecified atom stereocenters. The maximum atomic E-state index is 11.0. The van der Waals surface area contributed by atoms with Crippen molar-refractivity contribution in [3.05, 3.63) is 80.3 Å². The van der Waals surface area contributed by atoms with Crippen LogP contribution in [0.5, 0.6) is 5.75 Å². The zero-order valence-electron chi connectivity index (χ0n) is 14.5. The van der Waals surface area contributed by atoms with Crippen LogP contribution in [0.3, 0.4) is 0 Å². The van der Waals surface area contributed by atoms with Gasteiger partial charge in [0.2, 0.25) is 0 Å². The summed E-state index contributed by atoms with van der Waals surface area (Å²) in [5.41, 5.74) is 4.70. The van der Waals surface area contributed by atoms with Crippen molar-refractivity contribution in [2.75, 3.05) is 18.6 Å². The average Bonchev–Trinajstić information content (AvgIpc) is 3.27. The molecule has 0 atom stereocenters. The Labute approximate surface area is 174 Å². The third kappa shape index (κ3) is 3.22. The van der Waals surface area contributed by atoms with Crippen LogP contribution in [-0.4, -0.2) is 27.6 Å². The number of methoxy groups -OCH3 is 1. The third-order valence-corrected chi connectivity index (χ3v) is 8.72. The van der Waals surface area contributed by atoms with Crippen LogP contribution < -0.4 is 4.74 Å². The summed E-state index contributed by atoms with van der Waals surface area (Å²) in [6.07, 6.45) is 2.16. The highest BCUT2D eigenvalue weighted by Gasteiger charge is 2.48. The van der Waals surface area contributed by atoms with Gasteiger partial charge in [-0.25, -0.2) is 0 Å². The number of benzene rings is 2. The molecule has 2 aliphatic rings. The van der Waals surface area contributed by atoms with E-state index in [1.807, 2.05) is 47.8 Å². The first-order valence-electron chi connectivity index (χ1n) is 8.35. The van der Waals surface area contributed by atoms with Crippen LogP contribution in [0.4, 0.5) is 5.69 Å². The van der Waals surface area contributed by atoms with Crippen molar-refractivity contribution in [3.63, 3.8) is 0 Å². The van der Waals surface area contributed by atoms with Crippen molar-refractivity contribution in [1.82, 2.24) is 0 Å². The van der Waals surface area contributed by atoms with Crippen molar-refractivity contribution in [1.29, 1.82) is 0 Å². The molecular weight excluding hydrogens is 446 g/mol. The van der Waals surface area contributed by atoms with Crippen LogP contribution in [0.25, 0.3) is 11.1 Å². The quantitative estimate of drug-likeness (QED) is 0.413. The molecule has 0 amide bonds. The van der Waals surface area contributed by atoms with Gasteiger partial charge in [0, 0.05) is 33.7 Å². The molecule has 0 radical (unpaired) electrons. The molecule has 1 saturated heterocycles. The van der Waals surface area contributed by atoms with Crippen LogP contribution in [0, 0.1) is 10.1 Å². The molecule has 2 aromatic rings. The van der Waals surface area contributed by atoms with Crippen molar-refractivity contribution >= 4 is 56.3 Å². The lowest BCUT2D eigenvalue weighted by molar-refractivity contribution is -0.384. The van der Waals surface area contributed by atoms with Crippen LogP contribution in [0.1, 0.15) is 11.1 Å². The molecular formula is C20H16BrNO3S2. The Morgan fingerprint density at radius 2 is 1.63 bits per heavy atom. The third-order valence-electron chi connectivity index (χ3n) is 4.66. The van der Waals surface area contributed by atoms with Crippen LogP contribution in [0.2, 0.25) is 0 Å². The molecule has 27 heavy (non-hydrogen) atoms. The Kier molecular flexibility index (Phi) is 5.09. The number of non-ortho nitro benzene ring substituents is 1. The molecule has 138 valence electrons. The van der Waals surface area contributed by atoms with E-state index in [0.29, 0.717) is 0 Å². The van der Waals surface area contributed by atoms with Crippen LogP contribution >= 0.6 is 39.5 Å². The second kappa shape index (κ2) is 7.37. The number of halogens is 1. The van der Waals surface area contributed by atoms with E-state index in [2.05, 4.69) is 34.1 Å². The van der Waals surface area contributed by atoms with Crippen molar-refractivity contribution < 1.29 is 9.66 Å². The Hall–Kier alpha value is -1.70. The summed E-state index contributed by atoms with van der Waals surface area (Å²) in [6, 6.07) is 15.0. The normalized spacial score (nSPS) is 18.1. The number of thioether (sulfide) groups is 2. The highest BCUT2D eigenvalue weighted by molar-refractivity contribution is 9.12. The maximum Gasteiger partial charge on any atom is 0.269 e. The van der Waals surface area contributed by atoms with E-state index in [1.165, 1.54) is 11.1 Å². The van der Waals surface area contributed by atoms with Gasteiger partial charge in [-0.3, -0.25) is 10.1 Å². The predicted molar refractivity (Wildman–Crippen MR) is 118 cm³/mol. The molecule has 0 bridgehead atoms. The van der Waals surface area contributed by atoms with Gasteiger partial charge >= 0.3 is 0 Å². The summed E-state index contributed by atoms with van der Waals surface area (Å²) in [7, 11) is 1.66. The summed E-state index contributed by atoms with van der Waals surface area (Å²) in [5, 5.41) is 11.0. The molecule has 0 aromatic heterocycles. The summed E-state index contributed by atoms with van der Waals surface area (Å²) >= 11 is 7.62. The fraction of sp³-hybridized carbons (Fsp3) is 0.200. The van der Waals surface area contributed by atoms with E-state index >= 15 is 0 Å². The molecule has 4 nitrogen and oxygen atoms in total. The van der Waals surface area contributed by atoms with E-state index in [0.717, 1.165) is 32.9 Å².